The predicted molar refractivity (Wildman–Crippen MR) is 92.0 cm³/mol. The standard InChI is InChI=1S/C15H15FN10/c1-8(12-18-3-9(16)4-19-12)26-14-10(5-21-26)13(23-15(17)24-14)22-11-6-25(2)7-20-11/h3-8H,1-2H3,(H3,17,22,23,24). The van der Waals surface area contributed by atoms with Gasteiger partial charge in [0.1, 0.15) is 17.7 Å². The van der Waals surface area contributed by atoms with Crippen molar-refractivity contribution in [3.63, 3.8) is 0 Å². The maximum atomic E-state index is 13.1. The summed E-state index contributed by atoms with van der Waals surface area (Å²) < 4.78 is 16.5. The number of nitrogens with one attached hydrogen (secondary N) is 1. The summed E-state index contributed by atoms with van der Waals surface area (Å²) in [4.78, 5) is 20.7. The van der Waals surface area contributed by atoms with Gasteiger partial charge in [0.15, 0.2) is 17.3 Å². The molecule has 0 saturated carbocycles. The maximum absolute atomic E-state index is 13.1. The van der Waals surface area contributed by atoms with E-state index in [0.29, 0.717) is 28.5 Å². The van der Waals surface area contributed by atoms with Crippen molar-refractivity contribution in [2.45, 2.75) is 13.0 Å². The fraction of sp³-hybridized carbons (Fsp3) is 0.200. The average molecular weight is 354 g/mol. The van der Waals surface area contributed by atoms with Crippen molar-refractivity contribution in [1.29, 1.82) is 0 Å². The molecule has 132 valence electrons. The molecule has 0 fully saturated rings. The van der Waals surface area contributed by atoms with E-state index in [2.05, 4.69) is 35.3 Å². The van der Waals surface area contributed by atoms with E-state index in [4.69, 9.17) is 5.73 Å². The second-order valence-corrected chi connectivity index (χ2v) is 5.74. The summed E-state index contributed by atoms with van der Waals surface area (Å²) in [7, 11) is 1.87. The number of imidazole rings is 1. The highest BCUT2D eigenvalue weighted by Crippen LogP contribution is 2.26. The number of fused-ring (bicyclic) bond motifs is 1. The molecule has 0 aliphatic rings. The van der Waals surface area contributed by atoms with Crippen LogP contribution in [0.3, 0.4) is 0 Å². The van der Waals surface area contributed by atoms with Gasteiger partial charge in [-0.05, 0) is 6.92 Å². The SMILES string of the molecule is CC(c1ncc(F)cn1)n1ncc2c(Nc3cn(C)cn3)nc(N)nc21. The quantitative estimate of drug-likeness (QED) is 0.564. The Morgan fingerprint density at radius 1 is 1.15 bits per heavy atom. The zero-order valence-corrected chi connectivity index (χ0v) is 14.0. The van der Waals surface area contributed by atoms with E-state index in [0.717, 1.165) is 12.4 Å². The molecule has 0 spiro atoms. The molecule has 11 heteroatoms. The molecule has 0 aliphatic heterocycles. The molecule has 4 aromatic heterocycles. The van der Waals surface area contributed by atoms with Gasteiger partial charge in [0.2, 0.25) is 5.95 Å². The lowest BCUT2D eigenvalue weighted by Crippen LogP contribution is -2.13. The Balaban J connectivity index is 1.76. The van der Waals surface area contributed by atoms with Crippen molar-refractivity contribution < 1.29 is 4.39 Å². The van der Waals surface area contributed by atoms with E-state index < -0.39 is 5.82 Å². The summed E-state index contributed by atoms with van der Waals surface area (Å²) >= 11 is 0. The smallest absolute Gasteiger partial charge is 0.224 e. The van der Waals surface area contributed by atoms with Gasteiger partial charge >= 0.3 is 0 Å². The highest BCUT2D eigenvalue weighted by molar-refractivity contribution is 5.89. The third kappa shape index (κ3) is 2.79. The van der Waals surface area contributed by atoms with Crippen LogP contribution in [-0.4, -0.2) is 39.3 Å². The van der Waals surface area contributed by atoms with Crippen molar-refractivity contribution in [3.05, 3.63) is 42.8 Å². The van der Waals surface area contributed by atoms with Crippen LogP contribution in [-0.2, 0) is 7.05 Å². The predicted octanol–water partition coefficient (Wildman–Crippen LogP) is 1.42. The van der Waals surface area contributed by atoms with Crippen molar-refractivity contribution in [3.8, 4) is 0 Å². The van der Waals surface area contributed by atoms with E-state index in [-0.39, 0.29) is 12.0 Å². The topological polar surface area (TPSA) is 125 Å². The van der Waals surface area contributed by atoms with Gasteiger partial charge < -0.3 is 15.6 Å². The molecule has 0 saturated heterocycles. The Hall–Kier alpha value is -3.63. The molecule has 10 nitrogen and oxygen atoms in total. The first-order chi connectivity index (χ1) is 12.5. The number of aryl methyl sites for hydroxylation is 1. The number of nitrogens with two attached hydrogens (primary N) is 1. The van der Waals surface area contributed by atoms with E-state index in [9.17, 15) is 4.39 Å². The molecule has 0 aromatic carbocycles. The second kappa shape index (κ2) is 6.02. The zero-order chi connectivity index (χ0) is 18.3. The van der Waals surface area contributed by atoms with Crippen molar-refractivity contribution in [1.82, 2.24) is 39.3 Å². The normalized spacial score (nSPS) is 12.4. The van der Waals surface area contributed by atoms with Gasteiger partial charge in [-0.1, -0.05) is 0 Å². The maximum Gasteiger partial charge on any atom is 0.224 e. The Morgan fingerprint density at radius 3 is 2.62 bits per heavy atom. The largest absolute Gasteiger partial charge is 0.368 e. The first kappa shape index (κ1) is 15.9. The molecule has 4 heterocycles. The zero-order valence-electron chi connectivity index (χ0n) is 14.0. The number of halogens is 1. The van der Waals surface area contributed by atoms with Crippen LogP contribution >= 0.6 is 0 Å². The Morgan fingerprint density at radius 2 is 1.92 bits per heavy atom. The van der Waals surface area contributed by atoms with E-state index in [1.54, 1.807) is 21.8 Å². The summed E-state index contributed by atoms with van der Waals surface area (Å²) in [5, 5.41) is 8.14. The number of rotatable bonds is 4. The molecule has 0 amide bonds. The van der Waals surface area contributed by atoms with Crippen LogP contribution < -0.4 is 11.1 Å². The van der Waals surface area contributed by atoms with E-state index in [1.165, 1.54) is 0 Å². The van der Waals surface area contributed by atoms with Crippen molar-refractivity contribution in [2.75, 3.05) is 11.1 Å². The summed E-state index contributed by atoms with van der Waals surface area (Å²) in [5.41, 5.74) is 6.37. The Kier molecular flexibility index (Phi) is 3.68. The number of aromatic nitrogens is 8. The van der Waals surface area contributed by atoms with E-state index >= 15 is 0 Å². The molecular weight excluding hydrogens is 339 g/mol. The monoisotopic (exact) mass is 354 g/mol. The van der Waals surface area contributed by atoms with Crippen LogP contribution in [0.25, 0.3) is 11.0 Å². The van der Waals surface area contributed by atoms with Crippen LogP contribution in [0, 0.1) is 5.82 Å². The van der Waals surface area contributed by atoms with Crippen LogP contribution in [0.1, 0.15) is 18.8 Å². The van der Waals surface area contributed by atoms with Crippen LogP contribution in [0.5, 0.6) is 0 Å². The van der Waals surface area contributed by atoms with Gasteiger partial charge in [-0.3, -0.25) is 0 Å². The minimum absolute atomic E-state index is 0.0879. The average Bonchev–Trinajstić information content (AvgIpc) is 3.21. The summed E-state index contributed by atoms with van der Waals surface area (Å²) in [6.07, 6.45) is 7.33. The first-order valence-electron chi connectivity index (χ1n) is 7.74. The number of nitrogen functional groups attached to an aromatic ring is 1. The highest BCUT2D eigenvalue weighted by Gasteiger charge is 2.19. The van der Waals surface area contributed by atoms with E-state index in [1.807, 2.05) is 20.2 Å². The van der Waals surface area contributed by atoms with Gasteiger partial charge in [-0.2, -0.15) is 15.1 Å². The second-order valence-electron chi connectivity index (χ2n) is 5.74. The molecule has 1 atom stereocenters. The number of hydrogen-bond donors (Lipinski definition) is 2. The third-order valence-corrected chi connectivity index (χ3v) is 3.80. The molecule has 1 unspecified atom stereocenters. The molecule has 0 aliphatic carbocycles. The lowest BCUT2D eigenvalue weighted by Gasteiger charge is -2.12. The minimum atomic E-state index is -0.500. The molecule has 3 N–H and O–H groups in total. The lowest BCUT2D eigenvalue weighted by atomic mass is 10.3. The van der Waals surface area contributed by atoms with Gasteiger partial charge in [-0.25, -0.2) is 24.0 Å². The van der Waals surface area contributed by atoms with Crippen LogP contribution in [0.2, 0.25) is 0 Å². The Bertz CT molecular complexity index is 1070. The Labute approximate surface area is 147 Å². The minimum Gasteiger partial charge on any atom is -0.368 e. The summed E-state index contributed by atoms with van der Waals surface area (Å²) in [5.74, 6) is 1.11. The van der Waals surface area contributed by atoms with Crippen LogP contribution in [0.4, 0.5) is 22.0 Å². The molecule has 4 aromatic rings. The van der Waals surface area contributed by atoms with Gasteiger partial charge in [-0.15, -0.1) is 0 Å². The molecular formula is C15H15FN10. The van der Waals surface area contributed by atoms with Crippen molar-refractivity contribution in [2.24, 2.45) is 7.05 Å². The molecule has 0 bridgehead atoms. The molecule has 4 rings (SSSR count). The van der Waals surface area contributed by atoms with Crippen molar-refractivity contribution >= 4 is 28.6 Å². The molecule has 0 radical (unpaired) electrons. The number of hydrogen-bond acceptors (Lipinski definition) is 8. The number of anilines is 3. The van der Waals surface area contributed by atoms with Gasteiger partial charge in [0, 0.05) is 13.2 Å². The highest BCUT2D eigenvalue weighted by atomic mass is 19.1. The summed E-state index contributed by atoms with van der Waals surface area (Å²) in [6, 6.07) is -0.370. The van der Waals surface area contributed by atoms with Crippen LogP contribution in [0.15, 0.2) is 31.1 Å². The fourth-order valence-corrected chi connectivity index (χ4v) is 2.57. The third-order valence-electron chi connectivity index (χ3n) is 3.80. The molecule has 26 heavy (non-hydrogen) atoms. The van der Waals surface area contributed by atoms with Gasteiger partial charge in [0.05, 0.1) is 30.3 Å². The summed E-state index contributed by atoms with van der Waals surface area (Å²) in [6.45, 7) is 1.84. The first-order valence-corrected chi connectivity index (χ1v) is 7.74. The lowest BCUT2D eigenvalue weighted by molar-refractivity contribution is 0.537. The van der Waals surface area contributed by atoms with Gasteiger partial charge in [0.25, 0.3) is 0 Å². The fourth-order valence-electron chi connectivity index (χ4n) is 2.57. The number of nitrogens with zero attached hydrogens (tertiary/aromatic N) is 8.